The molecule has 0 spiro atoms. The van der Waals surface area contributed by atoms with Crippen molar-refractivity contribution in [1.82, 2.24) is 0 Å². The summed E-state index contributed by atoms with van der Waals surface area (Å²) < 4.78 is 5.37. The molecule has 2 rings (SSSR count). The second-order valence-corrected chi connectivity index (χ2v) is 7.84. The molecule has 0 amide bonds. The van der Waals surface area contributed by atoms with E-state index in [1.54, 1.807) is 0 Å². The van der Waals surface area contributed by atoms with Crippen molar-refractivity contribution in [2.24, 2.45) is 28.6 Å². The highest BCUT2D eigenvalue weighted by atomic mass is 16.5. The molecule has 106 valence electrons. The van der Waals surface area contributed by atoms with Gasteiger partial charge >= 0.3 is 0 Å². The lowest BCUT2D eigenvalue weighted by Gasteiger charge is -2.59. The van der Waals surface area contributed by atoms with Crippen LogP contribution < -0.4 is 0 Å². The molecule has 1 heteroatoms. The van der Waals surface area contributed by atoms with Gasteiger partial charge in [-0.25, -0.2) is 0 Å². The number of rotatable bonds is 3. The topological polar surface area (TPSA) is 9.23 Å². The third-order valence-electron chi connectivity index (χ3n) is 6.35. The lowest BCUT2D eigenvalue weighted by molar-refractivity contribution is -0.100. The van der Waals surface area contributed by atoms with Crippen molar-refractivity contribution in [2.75, 3.05) is 13.7 Å². The van der Waals surface area contributed by atoms with Crippen molar-refractivity contribution in [3.63, 3.8) is 0 Å². The van der Waals surface area contributed by atoms with E-state index in [-0.39, 0.29) is 0 Å². The zero-order chi connectivity index (χ0) is 13.4. The molecule has 18 heavy (non-hydrogen) atoms. The maximum absolute atomic E-state index is 5.37. The molecule has 0 aromatic heterocycles. The van der Waals surface area contributed by atoms with E-state index in [9.17, 15) is 0 Å². The molecule has 0 bridgehead atoms. The first kappa shape index (κ1) is 14.4. The fourth-order valence-corrected chi connectivity index (χ4v) is 5.47. The average molecular weight is 252 g/mol. The van der Waals surface area contributed by atoms with Gasteiger partial charge in [0.25, 0.3) is 0 Å². The van der Waals surface area contributed by atoms with Gasteiger partial charge in [-0.15, -0.1) is 0 Å². The van der Waals surface area contributed by atoms with Crippen LogP contribution in [-0.4, -0.2) is 13.7 Å². The SMILES string of the molecule is COCCC1C(C)CCC2C(C)(C)CCCC12C. The Morgan fingerprint density at radius 3 is 2.50 bits per heavy atom. The Balaban J connectivity index is 2.22. The van der Waals surface area contributed by atoms with Gasteiger partial charge in [0.05, 0.1) is 0 Å². The van der Waals surface area contributed by atoms with Crippen molar-refractivity contribution < 1.29 is 4.74 Å². The fraction of sp³-hybridized carbons (Fsp3) is 1.00. The van der Waals surface area contributed by atoms with E-state index in [1.165, 1.54) is 38.5 Å². The molecule has 0 aromatic carbocycles. The summed E-state index contributed by atoms with van der Waals surface area (Å²) in [5.74, 6) is 2.68. The summed E-state index contributed by atoms with van der Waals surface area (Å²) >= 11 is 0. The minimum Gasteiger partial charge on any atom is -0.385 e. The Hall–Kier alpha value is -0.0400. The van der Waals surface area contributed by atoms with Gasteiger partial charge in [0.15, 0.2) is 0 Å². The van der Waals surface area contributed by atoms with Crippen molar-refractivity contribution in [3.8, 4) is 0 Å². The molecule has 4 unspecified atom stereocenters. The van der Waals surface area contributed by atoms with Crippen molar-refractivity contribution in [1.29, 1.82) is 0 Å². The second kappa shape index (κ2) is 5.15. The monoisotopic (exact) mass is 252 g/mol. The van der Waals surface area contributed by atoms with Crippen LogP contribution in [0.4, 0.5) is 0 Å². The van der Waals surface area contributed by atoms with E-state index in [1.807, 2.05) is 7.11 Å². The number of hydrogen-bond donors (Lipinski definition) is 0. The Morgan fingerprint density at radius 2 is 1.83 bits per heavy atom. The maximum atomic E-state index is 5.37. The summed E-state index contributed by atoms with van der Waals surface area (Å²) in [5, 5.41) is 0. The van der Waals surface area contributed by atoms with E-state index in [4.69, 9.17) is 4.74 Å². The third-order valence-corrected chi connectivity index (χ3v) is 6.35. The highest BCUT2D eigenvalue weighted by Gasteiger charge is 2.53. The van der Waals surface area contributed by atoms with E-state index in [2.05, 4.69) is 27.7 Å². The summed E-state index contributed by atoms with van der Waals surface area (Å²) in [4.78, 5) is 0. The molecule has 1 nitrogen and oxygen atoms in total. The lowest BCUT2D eigenvalue weighted by atomic mass is 9.46. The maximum Gasteiger partial charge on any atom is 0.0465 e. The van der Waals surface area contributed by atoms with Crippen LogP contribution in [0.2, 0.25) is 0 Å². The molecule has 0 aliphatic heterocycles. The zero-order valence-electron chi connectivity index (χ0n) is 13.1. The van der Waals surface area contributed by atoms with Crippen LogP contribution in [0.1, 0.15) is 66.2 Å². The lowest BCUT2D eigenvalue weighted by Crippen LogP contribution is -2.51. The summed E-state index contributed by atoms with van der Waals surface area (Å²) in [5.41, 5.74) is 1.12. The Labute approximate surface area is 114 Å². The van der Waals surface area contributed by atoms with Crippen LogP contribution >= 0.6 is 0 Å². The highest BCUT2D eigenvalue weighted by Crippen LogP contribution is 2.61. The summed E-state index contributed by atoms with van der Waals surface area (Å²) in [6.45, 7) is 11.0. The van der Waals surface area contributed by atoms with Gasteiger partial charge in [0, 0.05) is 13.7 Å². The minimum atomic E-state index is 0.554. The van der Waals surface area contributed by atoms with Crippen LogP contribution in [0.25, 0.3) is 0 Å². The molecule has 0 heterocycles. The van der Waals surface area contributed by atoms with Crippen LogP contribution in [0.3, 0.4) is 0 Å². The van der Waals surface area contributed by atoms with Gasteiger partial charge in [-0.3, -0.25) is 0 Å². The summed E-state index contributed by atoms with van der Waals surface area (Å²) in [6, 6.07) is 0. The molecule has 2 fully saturated rings. The number of fused-ring (bicyclic) bond motifs is 1. The Bertz CT molecular complexity index is 283. The Kier molecular flexibility index (Phi) is 4.11. The quantitative estimate of drug-likeness (QED) is 0.694. The smallest absolute Gasteiger partial charge is 0.0465 e. The zero-order valence-corrected chi connectivity index (χ0v) is 13.1. The first-order valence-electron chi connectivity index (χ1n) is 7.91. The van der Waals surface area contributed by atoms with Gasteiger partial charge in [0.2, 0.25) is 0 Å². The first-order valence-corrected chi connectivity index (χ1v) is 7.91. The minimum absolute atomic E-state index is 0.554. The van der Waals surface area contributed by atoms with Crippen LogP contribution in [0, 0.1) is 28.6 Å². The summed E-state index contributed by atoms with van der Waals surface area (Å²) in [7, 11) is 1.85. The molecule has 4 atom stereocenters. The summed E-state index contributed by atoms with van der Waals surface area (Å²) in [6.07, 6.45) is 8.45. The van der Waals surface area contributed by atoms with E-state index in [0.717, 1.165) is 24.4 Å². The second-order valence-electron chi connectivity index (χ2n) is 7.84. The Morgan fingerprint density at radius 1 is 1.11 bits per heavy atom. The predicted molar refractivity (Wildman–Crippen MR) is 77.6 cm³/mol. The van der Waals surface area contributed by atoms with E-state index >= 15 is 0 Å². The fourth-order valence-electron chi connectivity index (χ4n) is 5.47. The van der Waals surface area contributed by atoms with Crippen molar-refractivity contribution in [2.45, 2.75) is 66.2 Å². The van der Waals surface area contributed by atoms with Crippen LogP contribution in [0.15, 0.2) is 0 Å². The van der Waals surface area contributed by atoms with E-state index < -0.39 is 0 Å². The molecule has 0 radical (unpaired) electrons. The molecule has 2 aliphatic carbocycles. The molecule has 0 saturated heterocycles. The molecular weight excluding hydrogens is 220 g/mol. The predicted octanol–water partition coefficient (Wildman–Crippen LogP) is 4.90. The molecule has 0 aromatic rings. The number of ether oxygens (including phenoxy) is 1. The average Bonchev–Trinajstić information content (AvgIpc) is 2.27. The van der Waals surface area contributed by atoms with Gasteiger partial charge in [-0.2, -0.15) is 0 Å². The van der Waals surface area contributed by atoms with Crippen LogP contribution in [-0.2, 0) is 4.74 Å². The van der Waals surface area contributed by atoms with Crippen molar-refractivity contribution >= 4 is 0 Å². The standard InChI is InChI=1S/C17H32O/c1-13-7-8-15-16(2,3)10-6-11-17(15,4)14(13)9-12-18-5/h13-15H,6-12H2,1-5H3. The van der Waals surface area contributed by atoms with Gasteiger partial charge in [-0.1, -0.05) is 40.5 Å². The first-order chi connectivity index (χ1) is 8.42. The van der Waals surface area contributed by atoms with E-state index in [0.29, 0.717) is 10.8 Å². The van der Waals surface area contributed by atoms with Gasteiger partial charge in [0.1, 0.15) is 0 Å². The highest BCUT2D eigenvalue weighted by molar-refractivity contribution is 5.02. The molecule has 2 saturated carbocycles. The van der Waals surface area contributed by atoms with Crippen LogP contribution in [0.5, 0.6) is 0 Å². The molecular formula is C17H32O. The number of methoxy groups -OCH3 is 1. The van der Waals surface area contributed by atoms with Gasteiger partial charge in [-0.05, 0) is 54.3 Å². The molecule has 0 N–H and O–H groups in total. The number of hydrogen-bond acceptors (Lipinski definition) is 1. The normalized spacial score (nSPS) is 43.5. The third kappa shape index (κ3) is 2.35. The van der Waals surface area contributed by atoms with Gasteiger partial charge < -0.3 is 4.74 Å². The van der Waals surface area contributed by atoms with Crippen molar-refractivity contribution in [3.05, 3.63) is 0 Å². The largest absolute Gasteiger partial charge is 0.385 e. The molecule has 2 aliphatic rings.